The van der Waals surface area contributed by atoms with E-state index in [0.29, 0.717) is 25.5 Å². The van der Waals surface area contributed by atoms with E-state index in [4.69, 9.17) is 9.15 Å². The van der Waals surface area contributed by atoms with Crippen molar-refractivity contribution >= 4 is 5.91 Å². The van der Waals surface area contributed by atoms with Crippen LogP contribution in [0.5, 0.6) is 0 Å². The number of hydrogen-bond donors (Lipinski definition) is 1. The number of nitrogens with zero attached hydrogens (tertiary/aromatic N) is 1. The van der Waals surface area contributed by atoms with E-state index < -0.39 is 0 Å². The minimum Gasteiger partial charge on any atom is -0.454 e. The van der Waals surface area contributed by atoms with Crippen LogP contribution in [0.4, 0.5) is 0 Å². The molecule has 0 radical (unpaired) electrons. The van der Waals surface area contributed by atoms with Crippen molar-refractivity contribution in [3.8, 4) is 0 Å². The Hall–Kier alpha value is -2.34. The van der Waals surface area contributed by atoms with E-state index >= 15 is 0 Å². The van der Waals surface area contributed by atoms with Gasteiger partial charge in [0.1, 0.15) is 5.76 Å². The molecule has 0 aliphatic heterocycles. The second kappa shape index (κ2) is 7.97. The summed E-state index contributed by atoms with van der Waals surface area (Å²) in [5.41, 5.74) is -0.105. The van der Waals surface area contributed by atoms with E-state index in [9.17, 15) is 9.59 Å². The molecule has 1 saturated carbocycles. The van der Waals surface area contributed by atoms with E-state index in [1.165, 1.54) is 23.5 Å². The predicted molar refractivity (Wildman–Crippen MR) is 89.0 cm³/mol. The molecule has 2 heterocycles. The highest BCUT2D eigenvalue weighted by Crippen LogP contribution is 2.28. The molecule has 2 aromatic heterocycles. The standard InChI is InChI=1S/C18H22N2O4/c21-17-4-1-2-10-20(17)12-15-7-8-16(24-15)18(22)19-9-3-11-23-13-14-5-6-14/h1-2,4,7-8,10,14H,3,5-6,9,11-13H2,(H,19,22). The van der Waals surface area contributed by atoms with Crippen LogP contribution in [-0.2, 0) is 11.3 Å². The van der Waals surface area contributed by atoms with Crippen molar-refractivity contribution in [2.75, 3.05) is 19.8 Å². The second-order valence-corrected chi connectivity index (χ2v) is 6.06. The minimum atomic E-state index is -0.246. The molecule has 0 unspecified atom stereocenters. The number of rotatable bonds is 9. The van der Waals surface area contributed by atoms with Crippen LogP contribution < -0.4 is 10.9 Å². The third kappa shape index (κ3) is 4.83. The Labute approximate surface area is 140 Å². The van der Waals surface area contributed by atoms with Gasteiger partial charge in [-0.1, -0.05) is 6.07 Å². The molecule has 6 nitrogen and oxygen atoms in total. The Balaban J connectivity index is 1.41. The average Bonchev–Trinajstić information content (AvgIpc) is 3.29. The normalized spacial score (nSPS) is 13.8. The molecule has 1 N–H and O–H groups in total. The Kier molecular flexibility index (Phi) is 5.48. The maximum absolute atomic E-state index is 12.0. The van der Waals surface area contributed by atoms with Crippen molar-refractivity contribution in [3.63, 3.8) is 0 Å². The fraction of sp³-hybridized carbons (Fsp3) is 0.444. The van der Waals surface area contributed by atoms with Gasteiger partial charge in [0.05, 0.1) is 6.54 Å². The fourth-order valence-electron chi connectivity index (χ4n) is 2.34. The molecule has 1 aliphatic rings. The van der Waals surface area contributed by atoms with Gasteiger partial charge < -0.3 is 19.0 Å². The van der Waals surface area contributed by atoms with Gasteiger partial charge in [0, 0.05) is 32.0 Å². The zero-order valence-electron chi connectivity index (χ0n) is 13.6. The van der Waals surface area contributed by atoms with Gasteiger partial charge in [0.25, 0.3) is 11.5 Å². The molecule has 1 amide bonds. The maximum atomic E-state index is 12.0. The molecule has 3 rings (SSSR count). The molecule has 0 atom stereocenters. The lowest BCUT2D eigenvalue weighted by Gasteiger charge is -2.05. The second-order valence-electron chi connectivity index (χ2n) is 6.06. The molecule has 128 valence electrons. The van der Waals surface area contributed by atoms with Gasteiger partial charge in [-0.2, -0.15) is 0 Å². The molecule has 6 heteroatoms. The van der Waals surface area contributed by atoms with Crippen molar-refractivity contribution < 1.29 is 13.9 Å². The molecule has 24 heavy (non-hydrogen) atoms. The molecule has 0 bridgehead atoms. The third-order valence-electron chi connectivity index (χ3n) is 3.91. The smallest absolute Gasteiger partial charge is 0.286 e. The van der Waals surface area contributed by atoms with Crippen LogP contribution in [0.15, 0.2) is 45.7 Å². The fourth-order valence-corrected chi connectivity index (χ4v) is 2.34. The van der Waals surface area contributed by atoms with Crippen LogP contribution in [-0.4, -0.2) is 30.2 Å². The van der Waals surface area contributed by atoms with Gasteiger partial charge in [0.15, 0.2) is 5.76 Å². The van der Waals surface area contributed by atoms with Gasteiger partial charge in [-0.05, 0) is 43.4 Å². The van der Waals surface area contributed by atoms with Crippen molar-refractivity contribution in [2.45, 2.75) is 25.8 Å². The lowest BCUT2D eigenvalue weighted by atomic mass is 10.3. The van der Waals surface area contributed by atoms with E-state index in [2.05, 4.69) is 5.32 Å². The van der Waals surface area contributed by atoms with Gasteiger partial charge >= 0.3 is 0 Å². The number of ether oxygens (including phenoxy) is 1. The zero-order chi connectivity index (χ0) is 16.8. The quantitative estimate of drug-likeness (QED) is 0.714. The highest BCUT2D eigenvalue weighted by Gasteiger charge is 2.20. The molecule has 1 aliphatic carbocycles. The van der Waals surface area contributed by atoms with Crippen LogP contribution in [0.3, 0.4) is 0 Å². The van der Waals surface area contributed by atoms with Crippen molar-refractivity contribution in [2.24, 2.45) is 5.92 Å². The first kappa shape index (κ1) is 16.5. The minimum absolute atomic E-state index is 0.105. The molecule has 0 aromatic carbocycles. The summed E-state index contributed by atoms with van der Waals surface area (Å²) in [7, 11) is 0. The summed E-state index contributed by atoms with van der Waals surface area (Å²) in [6, 6.07) is 8.30. The number of nitrogens with one attached hydrogen (secondary N) is 1. The number of pyridine rings is 1. The van der Waals surface area contributed by atoms with Gasteiger partial charge in [-0.15, -0.1) is 0 Å². The van der Waals surface area contributed by atoms with E-state index in [1.807, 2.05) is 0 Å². The van der Waals surface area contributed by atoms with Gasteiger partial charge in [-0.25, -0.2) is 0 Å². The molecular weight excluding hydrogens is 308 g/mol. The molecule has 0 spiro atoms. The summed E-state index contributed by atoms with van der Waals surface area (Å²) in [5.74, 6) is 1.34. The van der Waals surface area contributed by atoms with E-state index in [0.717, 1.165) is 18.9 Å². The number of aromatic nitrogens is 1. The van der Waals surface area contributed by atoms with Crippen molar-refractivity contribution in [1.29, 1.82) is 0 Å². The summed E-state index contributed by atoms with van der Waals surface area (Å²) < 4.78 is 12.6. The topological polar surface area (TPSA) is 73.5 Å². The number of carbonyl (C=O) groups excluding carboxylic acids is 1. The highest BCUT2D eigenvalue weighted by molar-refractivity contribution is 5.91. The molecule has 2 aromatic rings. The van der Waals surface area contributed by atoms with E-state index in [-0.39, 0.29) is 17.2 Å². The zero-order valence-corrected chi connectivity index (χ0v) is 13.6. The first-order valence-electron chi connectivity index (χ1n) is 8.32. The van der Waals surface area contributed by atoms with Crippen LogP contribution >= 0.6 is 0 Å². The first-order chi connectivity index (χ1) is 11.7. The van der Waals surface area contributed by atoms with Gasteiger partial charge in [-0.3, -0.25) is 9.59 Å². The Morgan fingerprint density at radius 2 is 2.17 bits per heavy atom. The molecule has 1 fully saturated rings. The number of amides is 1. The lowest BCUT2D eigenvalue weighted by molar-refractivity contribution is 0.0909. The van der Waals surface area contributed by atoms with Crippen LogP contribution in [0.2, 0.25) is 0 Å². The Bertz CT molecular complexity index is 730. The average molecular weight is 330 g/mol. The van der Waals surface area contributed by atoms with Gasteiger partial charge in [0.2, 0.25) is 0 Å². The summed E-state index contributed by atoms with van der Waals surface area (Å²) in [4.78, 5) is 23.7. The van der Waals surface area contributed by atoms with Crippen LogP contribution in [0.25, 0.3) is 0 Å². The van der Waals surface area contributed by atoms with Crippen LogP contribution in [0, 0.1) is 5.92 Å². The summed E-state index contributed by atoms with van der Waals surface area (Å²) in [5, 5.41) is 2.81. The monoisotopic (exact) mass is 330 g/mol. The SMILES string of the molecule is O=C(NCCCOCC1CC1)c1ccc(Cn2ccccc2=O)o1. The largest absolute Gasteiger partial charge is 0.454 e. The highest BCUT2D eigenvalue weighted by atomic mass is 16.5. The van der Waals surface area contributed by atoms with Crippen molar-refractivity contribution in [3.05, 3.63) is 58.4 Å². The summed E-state index contributed by atoms with van der Waals surface area (Å²) in [6.07, 6.45) is 5.04. The van der Waals surface area contributed by atoms with Crippen molar-refractivity contribution in [1.82, 2.24) is 9.88 Å². The number of carbonyl (C=O) groups is 1. The summed E-state index contributed by atoms with van der Waals surface area (Å²) >= 11 is 0. The molecular formula is C18H22N2O4. The van der Waals surface area contributed by atoms with E-state index in [1.54, 1.807) is 30.5 Å². The number of furan rings is 1. The molecule has 0 saturated heterocycles. The Morgan fingerprint density at radius 3 is 2.96 bits per heavy atom. The predicted octanol–water partition coefficient (Wildman–Crippen LogP) is 2.04. The summed E-state index contributed by atoms with van der Waals surface area (Å²) in [6.45, 7) is 2.37. The Morgan fingerprint density at radius 1 is 1.29 bits per heavy atom. The number of hydrogen-bond acceptors (Lipinski definition) is 4. The lowest BCUT2D eigenvalue weighted by Crippen LogP contribution is -2.25. The maximum Gasteiger partial charge on any atom is 0.286 e. The third-order valence-corrected chi connectivity index (χ3v) is 3.91. The first-order valence-corrected chi connectivity index (χ1v) is 8.32. The van der Waals surface area contributed by atoms with Crippen LogP contribution in [0.1, 0.15) is 35.6 Å².